The van der Waals surface area contributed by atoms with Crippen molar-refractivity contribution in [1.82, 2.24) is 5.32 Å². The zero-order valence-electron chi connectivity index (χ0n) is 13.0. The number of carboxylic acid groups (broad SMARTS) is 1. The van der Waals surface area contributed by atoms with Crippen molar-refractivity contribution in [1.29, 1.82) is 0 Å². The number of ether oxygens (including phenoxy) is 1. The number of hydrogen-bond acceptors (Lipinski definition) is 5. The Balaban J connectivity index is 2.70. The number of aliphatic hydroxyl groups is 2. The molecule has 2 atom stereocenters. The molecule has 2 unspecified atom stereocenters. The molecule has 1 aromatic rings. The molecule has 1 rings (SSSR count). The standard InChI is InChI=1S/C15H20ClNO6/c1-15(2,3)23-14(22)17-7-11(18)12(19)8-4-5-10(16)9(6-8)13(20)21/h4-6,11-12,18-19H,7H2,1-3H3,(H,17,22)(H,20,21). The average Bonchev–Trinajstić information content (AvgIpc) is 2.42. The normalized spacial score (nSPS) is 14.0. The lowest BCUT2D eigenvalue weighted by molar-refractivity contribution is 0.0129. The summed E-state index contributed by atoms with van der Waals surface area (Å²) in [5.41, 5.74) is -0.693. The van der Waals surface area contributed by atoms with Gasteiger partial charge in [-0.3, -0.25) is 0 Å². The molecule has 8 heteroatoms. The van der Waals surface area contributed by atoms with Gasteiger partial charge in [-0.05, 0) is 38.5 Å². The van der Waals surface area contributed by atoms with Crippen LogP contribution in [-0.4, -0.2) is 45.6 Å². The number of aromatic carboxylic acids is 1. The maximum atomic E-state index is 11.5. The zero-order valence-corrected chi connectivity index (χ0v) is 13.8. The summed E-state index contributed by atoms with van der Waals surface area (Å²) in [5, 5.41) is 31.3. The molecule has 0 spiro atoms. The number of amides is 1. The quantitative estimate of drug-likeness (QED) is 0.648. The van der Waals surface area contributed by atoms with Crippen molar-refractivity contribution in [2.45, 2.75) is 38.6 Å². The summed E-state index contributed by atoms with van der Waals surface area (Å²) in [7, 11) is 0. The number of benzene rings is 1. The molecular formula is C15H20ClNO6. The lowest BCUT2D eigenvalue weighted by atomic mass is 10.0. The minimum Gasteiger partial charge on any atom is -0.478 e. The molecule has 0 bridgehead atoms. The van der Waals surface area contributed by atoms with Gasteiger partial charge in [0.2, 0.25) is 0 Å². The minimum absolute atomic E-state index is 0.0230. The van der Waals surface area contributed by atoms with Gasteiger partial charge in [0.25, 0.3) is 0 Å². The summed E-state index contributed by atoms with van der Waals surface area (Å²) in [5.74, 6) is -1.24. The molecule has 23 heavy (non-hydrogen) atoms. The van der Waals surface area contributed by atoms with E-state index in [2.05, 4.69) is 5.32 Å². The van der Waals surface area contributed by atoms with Gasteiger partial charge in [-0.2, -0.15) is 0 Å². The van der Waals surface area contributed by atoms with Gasteiger partial charge < -0.3 is 25.4 Å². The van der Waals surface area contributed by atoms with E-state index in [1.165, 1.54) is 18.2 Å². The van der Waals surface area contributed by atoms with Gasteiger partial charge in [0.15, 0.2) is 0 Å². The van der Waals surface area contributed by atoms with E-state index in [0.717, 1.165) is 0 Å². The minimum atomic E-state index is -1.39. The first-order valence-corrected chi connectivity index (χ1v) is 7.25. The highest BCUT2D eigenvalue weighted by atomic mass is 35.5. The first kappa shape index (κ1) is 19.2. The fourth-order valence-electron chi connectivity index (χ4n) is 1.73. The third-order valence-corrected chi connectivity index (χ3v) is 3.11. The van der Waals surface area contributed by atoms with Gasteiger partial charge >= 0.3 is 12.1 Å². The van der Waals surface area contributed by atoms with Crippen LogP contribution in [0.2, 0.25) is 5.02 Å². The van der Waals surface area contributed by atoms with Crippen LogP contribution in [0.1, 0.15) is 42.8 Å². The maximum absolute atomic E-state index is 11.5. The Kier molecular flexibility index (Phi) is 6.37. The Morgan fingerprint density at radius 3 is 2.43 bits per heavy atom. The molecule has 128 valence electrons. The van der Waals surface area contributed by atoms with Crippen LogP contribution in [0.3, 0.4) is 0 Å². The smallest absolute Gasteiger partial charge is 0.407 e. The van der Waals surface area contributed by atoms with E-state index in [-0.39, 0.29) is 22.7 Å². The molecule has 4 N–H and O–H groups in total. The SMILES string of the molecule is CC(C)(C)OC(=O)NCC(O)C(O)c1ccc(Cl)c(C(=O)O)c1. The molecule has 0 heterocycles. The fraction of sp³-hybridized carbons (Fsp3) is 0.467. The Labute approximate surface area is 138 Å². The number of carbonyl (C=O) groups excluding carboxylic acids is 1. The average molecular weight is 346 g/mol. The summed E-state index contributed by atoms with van der Waals surface area (Å²) in [6.45, 7) is 4.82. The predicted octanol–water partition coefficient (Wildman–Crippen LogP) is 1.96. The number of rotatable bonds is 5. The van der Waals surface area contributed by atoms with E-state index in [9.17, 15) is 19.8 Å². The van der Waals surface area contributed by atoms with Gasteiger partial charge in [0.05, 0.1) is 10.6 Å². The lowest BCUT2D eigenvalue weighted by Gasteiger charge is -2.22. The highest BCUT2D eigenvalue weighted by Gasteiger charge is 2.23. The largest absolute Gasteiger partial charge is 0.478 e. The summed E-state index contributed by atoms with van der Waals surface area (Å²) in [6, 6.07) is 3.89. The number of hydrogen-bond donors (Lipinski definition) is 4. The fourth-order valence-corrected chi connectivity index (χ4v) is 1.92. The molecule has 7 nitrogen and oxygen atoms in total. The number of halogens is 1. The molecule has 0 aliphatic heterocycles. The Hall–Kier alpha value is -1.83. The summed E-state index contributed by atoms with van der Waals surface area (Å²) >= 11 is 5.74. The molecule has 0 aliphatic carbocycles. The van der Waals surface area contributed by atoms with Gasteiger partial charge in [-0.15, -0.1) is 0 Å². The van der Waals surface area contributed by atoms with Gasteiger partial charge in [-0.1, -0.05) is 17.7 Å². The van der Waals surface area contributed by atoms with E-state index < -0.39 is 29.9 Å². The molecule has 0 aromatic heterocycles. The van der Waals surface area contributed by atoms with Crippen molar-refractivity contribution in [3.63, 3.8) is 0 Å². The lowest BCUT2D eigenvalue weighted by Crippen LogP contribution is -2.38. The van der Waals surface area contributed by atoms with Crippen LogP contribution in [0, 0.1) is 0 Å². The van der Waals surface area contributed by atoms with Crippen LogP contribution in [-0.2, 0) is 4.74 Å². The first-order valence-electron chi connectivity index (χ1n) is 6.87. The monoisotopic (exact) mass is 345 g/mol. The highest BCUT2D eigenvalue weighted by molar-refractivity contribution is 6.33. The van der Waals surface area contributed by atoms with Crippen molar-refractivity contribution in [2.24, 2.45) is 0 Å². The van der Waals surface area contributed by atoms with E-state index in [1.54, 1.807) is 20.8 Å². The van der Waals surface area contributed by atoms with E-state index in [1.807, 2.05) is 0 Å². The van der Waals surface area contributed by atoms with Crippen molar-refractivity contribution in [2.75, 3.05) is 6.54 Å². The predicted molar refractivity (Wildman–Crippen MR) is 83.6 cm³/mol. The molecular weight excluding hydrogens is 326 g/mol. The number of nitrogens with one attached hydrogen (secondary N) is 1. The first-order chi connectivity index (χ1) is 10.5. The van der Waals surface area contributed by atoms with Crippen LogP contribution in [0.25, 0.3) is 0 Å². The van der Waals surface area contributed by atoms with E-state index in [0.29, 0.717) is 0 Å². The van der Waals surface area contributed by atoms with Crippen molar-refractivity contribution in [3.8, 4) is 0 Å². The Bertz CT molecular complexity index is 584. The van der Waals surface area contributed by atoms with Crippen LogP contribution in [0.15, 0.2) is 18.2 Å². The second-order valence-electron chi connectivity index (χ2n) is 5.94. The van der Waals surface area contributed by atoms with Crippen molar-refractivity contribution >= 4 is 23.7 Å². The Morgan fingerprint density at radius 2 is 1.91 bits per heavy atom. The van der Waals surface area contributed by atoms with Crippen molar-refractivity contribution in [3.05, 3.63) is 34.3 Å². The molecule has 0 fully saturated rings. The third-order valence-electron chi connectivity index (χ3n) is 2.78. The van der Waals surface area contributed by atoms with Crippen LogP contribution in [0.5, 0.6) is 0 Å². The summed E-state index contributed by atoms with van der Waals surface area (Å²) in [6.07, 6.45) is -3.46. The van der Waals surface area contributed by atoms with Gasteiger partial charge in [-0.25, -0.2) is 9.59 Å². The zero-order chi connectivity index (χ0) is 17.8. The Morgan fingerprint density at radius 1 is 1.30 bits per heavy atom. The highest BCUT2D eigenvalue weighted by Crippen LogP contribution is 2.23. The molecule has 0 radical (unpaired) electrons. The van der Waals surface area contributed by atoms with Crippen molar-refractivity contribution < 1.29 is 29.6 Å². The van der Waals surface area contributed by atoms with E-state index in [4.69, 9.17) is 21.4 Å². The van der Waals surface area contributed by atoms with Gasteiger partial charge in [0.1, 0.15) is 17.8 Å². The topological polar surface area (TPSA) is 116 Å². The maximum Gasteiger partial charge on any atom is 0.407 e. The van der Waals surface area contributed by atoms with Crippen LogP contribution >= 0.6 is 11.6 Å². The second-order valence-corrected chi connectivity index (χ2v) is 6.35. The van der Waals surface area contributed by atoms with E-state index >= 15 is 0 Å². The number of alkyl carbamates (subject to hydrolysis) is 1. The molecule has 1 aromatic carbocycles. The summed E-state index contributed by atoms with van der Waals surface area (Å²) in [4.78, 5) is 22.5. The van der Waals surface area contributed by atoms with Gasteiger partial charge in [0, 0.05) is 6.54 Å². The van der Waals surface area contributed by atoms with Crippen LogP contribution < -0.4 is 5.32 Å². The number of carboxylic acids is 1. The second kappa shape index (κ2) is 7.63. The molecule has 0 saturated heterocycles. The molecule has 0 saturated carbocycles. The summed E-state index contributed by atoms with van der Waals surface area (Å²) < 4.78 is 5.00. The number of aliphatic hydroxyl groups excluding tert-OH is 2. The number of carbonyl (C=O) groups is 2. The van der Waals surface area contributed by atoms with Crippen LogP contribution in [0.4, 0.5) is 4.79 Å². The molecule has 1 amide bonds. The third kappa shape index (κ3) is 6.05. The molecule has 0 aliphatic rings.